The second-order valence-corrected chi connectivity index (χ2v) is 7.69. The van der Waals surface area contributed by atoms with Crippen molar-refractivity contribution in [3.05, 3.63) is 28.5 Å². The van der Waals surface area contributed by atoms with Crippen molar-refractivity contribution in [3.8, 4) is 0 Å². The van der Waals surface area contributed by atoms with Crippen molar-refractivity contribution in [3.63, 3.8) is 0 Å². The molecule has 1 amide bonds. The minimum Gasteiger partial charge on any atom is -0.359 e. The minimum absolute atomic E-state index is 0.0816. The number of amides is 1. The molecule has 0 aliphatic carbocycles. The summed E-state index contributed by atoms with van der Waals surface area (Å²) in [7, 11) is -2.30. The van der Waals surface area contributed by atoms with Crippen molar-refractivity contribution in [2.75, 3.05) is 20.1 Å². The summed E-state index contributed by atoms with van der Waals surface area (Å²) in [5.41, 5.74) is 0. The molecule has 2 rings (SSSR count). The van der Waals surface area contributed by atoms with E-state index in [0.717, 1.165) is 6.07 Å². The van der Waals surface area contributed by atoms with Crippen LogP contribution in [0.2, 0.25) is 0 Å². The first-order valence-electron chi connectivity index (χ1n) is 6.53. The van der Waals surface area contributed by atoms with E-state index >= 15 is 0 Å². The van der Waals surface area contributed by atoms with Gasteiger partial charge in [-0.15, -0.1) is 0 Å². The lowest BCUT2D eigenvalue weighted by atomic mass is 9.97. The van der Waals surface area contributed by atoms with Gasteiger partial charge >= 0.3 is 0 Å². The van der Waals surface area contributed by atoms with E-state index in [-0.39, 0.29) is 29.8 Å². The van der Waals surface area contributed by atoms with Crippen LogP contribution in [-0.2, 0) is 14.8 Å². The van der Waals surface area contributed by atoms with Gasteiger partial charge in [-0.25, -0.2) is 12.8 Å². The summed E-state index contributed by atoms with van der Waals surface area (Å²) < 4.78 is 40.5. The minimum atomic E-state index is -3.86. The number of rotatable bonds is 3. The van der Waals surface area contributed by atoms with Crippen molar-refractivity contribution in [2.45, 2.75) is 17.7 Å². The summed E-state index contributed by atoms with van der Waals surface area (Å²) in [6, 6.07) is 3.87. The number of halogens is 2. The van der Waals surface area contributed by atoms with Gasteiger partial charge in [-0.1, -0.05) is 15.9 Å². The zero-order valence-corrected chi connectivity index (χ0v) is 13.9. The molecule has 116 valence electrons. The number of hydrogen-bond acceptors (Lipinski definition) is 3. The highest BCUT2D eigenvalue weighted by atomic mass is 79.9. The van der Waals surface area contributed by atoms with Crippen LogP contribution in [0.1, 0.15) is 12.8 Å². The molecule has 1 aromatic rings. The number of sulfonamides is 1. The van der Waals surface area contributed by atoms with Crippen LogP contribution >= 0.6 is 15.9 Å². The van der Waals surface area contributed by atoms with Crippen LogP contribution in [0, 0.1) is 11.7 Å². The largest absolute Gasteiger partial charge is 0.359 e. The summed E-state index contributed by atoms with van der Waals surface area (Å²) >= 11 is 3.10. The van der Waals surface area contributed by atoms with Gasteiger partial charge in [0.2, 0.25) is 15.9 Å². The van der Waals surface area contributed by atoms with Gasteiger partial charge in [0.1, 0.15) is 10.7 Å². The average molecular weight is 379 g/mol. The van der Waals surface area contributed by atoms with Gasteiger partial charge in [0.25, 0.3) is 0 Å². The van der Waals surface area contributed by atoms with E-state index < -0.39 is 15.8 Å². The van der Waals surface area contributed by atoms with Crippen LogP contribution in [0.4, 0.5) is 4.39 Å². The Balaban J connectivity index is 2.17. The predicted molar refractivity (Wildman–Crippen MR) is 79.6 cm³/mol. The Bertz CT molecular complexity index is 643. The molecule has 1 fully saturated rings. The topological polar surface area (TPSA) is 66.5 Å². The molecule has 1 heterocycles. The molecule has 5 nitrogen and oxygen atoms in total. The maximum Gasteiger partial charge on any atom is 0.245 e. The van der Waals surface area contributed by atoms with Gasteiger partial charge in [-0.05, 0) is 31.0 Å². The number of piperidine rings is 1. The molecule has 0 radical (unpaired) electrons. The molecule has 0 atom stereocenters. The Hall–Kier alpha value is -0.990. The van der Waals surface area contributed by atoms with Crippen LogP contribution in [0.3, 0.4) is 0 Å². The lowest BCUT2D eigenvalue weighted by Gasteiger charge is -2.30. The Labute approximate surface area is 131 Å². The van der Waals surface area contributed by atoms with Crippen molar-refractivity contribution in [2.24, 2.45) is 5.92 Å². The van der Waals surface area contributed by atoms with Crippen molar-refractivity contribution < 1.29 is 17.6 Å². The maximum atomic E-state index is 13.9. The Morgan fingerprint density at radius 1 is 1.38 bits per heavy atom. The fraction of sp³-hybridized carbons (Fsp3) is 0.462. The smallest absolute Gasteiger partial charge is 0.245 e. The van der Waals surface area contributed by atoms with Gasteiger partial charge in [-0.2, -0.15) is 4.31 Å². The molecule has 0 saturated carbocycles. The molecule has 21 heavy (non-hydrogen) atoms. The number of nitrogens with one attached hydrogen (secondary N) is 1. The summed E-state index contributed by atoms with van der Waals surface area (Å²) in [4.78, 5) is 11.2. The van der Waals surface area contributed by atoms with Crippen molar-refractivity contribution in [1.29, 1.82) is 0 Å². The first-order chi connectivity index (χ1) is 9.86. The number of carbonyl (C=O) groups excluding carboxylic acids is 1. The summed E-state index contributed by atoms with van der Waals surface area (Å²) in [6.45, 7) is 0.436. The molecule has 1 N–H and O–H groups in total. The van der Waals surface area contributed by atoms with E-state index in [1.54, 1.807) is 7.05 Å². The van der Waals surface area contributed by atoms with Crippen LogP contribution in [-0.4, -0.2) is 38.8 Å². The Morgan fingerprint density at radius 3 is 2.52 bits per heavy atom. The molecule has 0 unspecified atom stereocenters. The second kappa shape index (κ2) is 6.41. The first-order valence-corrected chi connectivity index (χ1v) is 8.76. The third-order valence-corrected chi connectivity index (χ3v) is 6.01. The molecule has 1 aliphatic rings. The van der Waals surface area contributed by atoms with E-state index in [2.05, 4.69) is 21.2 Å². The number of hydrogen-bond donors (Lipinski definition) is 1. The zero-order chi connectivity index (χ0) is 15.6. The normalized spacial score (nSPS) is 17.7. The molecule has 0 aromatic heterocycles. The average Bonchev–Trinajstić information content (AvgIpc) is 2.46. The maximum absolute atomic E-state index is 13.9. The van der Waals surface area contributed by atoms with E-state index in [4.69, 9.17) is 0 Å². The van der Waals surface area contributed by atoms with E-state index in [1.807, 2.05) is 0 Å². The summed E-state index contributed by atoms with van der Waals surface area (Å²) in [6.07, 6.45) is 0.883. The SMILES string of the molecule is CNC(=O)C1CCN(S(=O)(=O)c2ccc(Br)cc2F)CC1. The number of benzene rings is 1. The molecule has 0 spiro atoms. The molecular formula is C13H16BrFN2O3S. The summed E-state index contributed by atoms with van der Waals surface area (Å²) in [5, 5.41) is 2.56. The van der Waals surface area contributed by atoms with Gasteiger partial charge in [0.05, 0.1) is 0 Å². The monoisotopic (exact) mass is 378 g/mol. The van der Waals surface area contributed by atoms with E-state index in [0.29, 0.717) is 17.3 Å². The molecule has 1 saturated heterocycles. The van der Waals surface area contributed by atoms with Crippen molar-refractivity contribution >= 4 is 31.9 Å². The van der Waals surface area contributed by atoms with Crippen LogP contribution in [0.5, 0.6) is 0 Å². The highest BCUT2D eigenvalue weighted by molar-refractivity contribution is 9.10. The van der Waals surface area contributed by atoms with Crippen molar-refractivity contribution in [1.82, 2.24) is 9.62 Å². The third kappa shape index (κ3) is 3.44. The molecule has 8 heteroatoms. The Morgan fingerprint density at radius 2 is 2.00 bits per heavy atom. The van der Waals surface area contributed by atoms with E-state index in [9.17, 15) is 17.6 Å². The zero-order valence-electron chi connectivity index (χ0n) is 11.5. The first kappa shape index (κ1) is 16.4. The highest BCUT2D eigenvalue weighted by Gasteiger charge is 2.33. The highest BCUT2D eigenvalue weighted by Crippen LogP contribution is 2.26. The van der Waals surface area contributed by atoms with Gasteiger partial charge in [0, 0.05) is 30.5 Å². The number of nitrogens with zero attached hydrogens (tertiary/aromatic N) is 1. The standard InChI is InChI=1S/C13H16BrFN2O3S/c1-16-13(18)9-4-6-17(7-5-9)21(19,20)12-3-2-10(14)8-11(12)15/h2-3,8-9H,4-7H2,1H3,(H,16,18). The van der Waals surface area contributed by atoms with Crippen LogP contribution in [0.15, 0.2) is 27.6 Å². The van der Waals surface area contributed by atoms with E-state index in [1.165, 1.54) is 16.4 Å². The molecule has 1 aliphatic heterocycles. The lowest BCUT2D eigenvalue weighted by Crippen LogP contribution is -2.42. The lowest BCUT2D eigenvalue weighted by molar-refractivity contribution is -0.125. The predicted octanol–water partition coefficient (Wildman–Crippen LogP) is 1.73. The molecular weight excluding hydrogens is 363 g/mol. The number of carbonyl (C=O) groups is 1. The fourth-order valence-corrected chi connectivity index (χ4v) is 4.23. The van der Waals surface area contributed by atoms with Gasteiger partial charge in [-0.3, -0.25) is 4.79 Å². The van der Waals surface area contributed by atoms with Gasteiger partial charge in [0.15, 0.2) is 0 Å². The van der Waals surface area contributed by atoms with Crippen LogP contribution in [0.25, 0.3) is 0 Å². The quantitative estimate of drug-likeness (QED) is 0.870. The summed E-state index contributed by atoms with van der Waals surface area (Å²) in [5.74, 6) is -1.05. The second-order valence-electron chi connectivity index (χ2n) is 4.87. The van der Waals surface area contributed by atoms with Gasteiger partial charge < -0.3 is 5.32 Å². The fourth-order valence-electron chi connectivity index (χ4n) is 2.39. The van der Waals surface area contributed by atoms with Crippen LogP contribution < -0.4 is 5.32 Å². The molecule has 1 aromatic carbocycles. The molecule has 0 bridgehead atoms. The third-order valence-electron chi connectivity index (χ3n) is 3.58. The Kier molecular flexibility index (Phi) is 5.00.